The van der Waals surface area contributed by atoms with Gasteiger partial charge in [-0.15, -0.1) is 0 Å². The van der Waals surface area contributed by atoms with Crippen LogP contribution in [0.1, 0.15) is 32.4 Å². The van der Waals surface area contributed by atoms with Crippen LogP contribution in [0, 0.1) is 11.6 Å². The van der Waals surface area contributed by atoms with Crippen molar-refractivity contribution in [2.24, 2.45) is 5.73 Å². The first-order valence-electron chi connectivity index (χ1n) is 8.09. The predicted octanol–water partition coefficient (Wildman–Crippen LogP) is 2.52. The molecule has 1 aliphatic heterocycles. The van der Waals surface area contributed by atoms with Gasteiger partial charge in [0.25, 0.3) is 0 Å². The molecule has 1 amide bonds. The summed E-state index contributed by atoms with van der Waals surface area (Å²) < 4.78 is 33.4. The Balaban J connectivity index is 2.04. The summed E-state index contributed by atoms with van der Waals surface area (Å²) in [4.78, 5) is 15.6. The topological polar surface area (TPSA) is 58.8 Å². The smallest absolute Gasteiger partial charge is 0.410 e. The summed E-state index contributed by atoms with van der Waals surface area (Å²) in [6.07, 6.45) is -0.372. The van der Waals surface area contributed by atoms with Gasteiger partial charge in [0.05, 0.1) is 6.04 Å². The first-order valence-corrected chi connectivity index (χ1v) is 8.09. The standard InChI is InChI=1S/C17H25F2N3O2/c1-17(2,3)24-16(23)22-9-7-21(8-10-22)14(11-20)15-12(18)5-4-6-13(15)19/h4-6,14H,7-11,20H2,1-3H3. The first kappa shape index (κ1) is 18.6. The molecule has 7 heteroatoms. The second-order valence-electron chi connectivity index (χ2n) is 6.89. The molecule has 0 aliphatic carbocycles. The molecule has 1 aliphatic rings. The summed E-state index contributed by atoms with van der Waals surface area (Å²) in [5, 5.41) is 0. The lowest BCUT2D eigenvalue weighted by molar-refractivity contribution is 0.0102. The number of hydrogen-bond donors (Lipinski definition) is 1. The number of carbonyl (C=O) groups is 1. The minimum atomic E-state index is -0.597. The zero-order chi connectivity index (χ0) is 17.9. The highest BCUT2D eigenvalue weighted by atomic mass is 19.1. The highest BCUT2D eigenvalue weighted by molar-refractivity contribution is 5.68. The molecular weight excluding hydrogens is 316 g/mol. The van der Waals surface area contributed by atoms with E-state index >= 15 is 0 Å². The van der Waals surface area contributed by atoms with Gasteiger partial charge in [0.1, 0.15) is 17.2 Å². The summed E-state index contributed by atoms with van der Waals surface area (Å²) in [5.41, 5.74) is 5.21. The van der Waals surface area contributed by atoms with Crippen LogP contribution in [-0.4, -0.2) is 54.2 Å². The van der Waals surface area contributed by atoms with Gasteiger partial charge in [-0.05, 0) is 32.9 Å². The van der Waals surface area contributed by atoms with Gasteiger partial charge in [-0.2, -0.15) is 0 Å². The van der Waals surface area contributed by atoms with Gasteiger partial charge in [0.2, 0.25) is 0 Å². The number of nitrogens with zero attached hydrogens (tertiary/aromatic N) is 2. The third-order valence-corrected chi connectivity index (χ3v) is 3.96. The zero-order valence-corrected chi connectivity index (χ0v) is 14.4. The molecule has 0 aromatic heterocycles. The number of nitrogens with two attached hydrogens (primary N) is 1. The van der Waals surface area contributed by atoms with E-state index in [1.807, 2.05) is 25.7 Å². The molecule has 2 rings (SSSR count). The third kappa shape index (κ3) is 4.42. The lowest BCUT2D eigenvalue weighted by atomic mass is 10.0. The van der Waals surface area contributed by atoms with E-state index in [1.54, 1.807) is 4.90 Å². The Morgan fingerprint density at radius 2 is 1.75 bits per heavy atom. The summed E-state index contributed by atoms with van der Waals surface area (Å²) in [5.74, 6) is -1.19. The van der Waals surface area contributed by atoms with Crippen LogP contribution in [0.5, 0.6) is 0 Å². The van der Waals surface area contributed by atoms with Crippen molar-refractivity contribution in [2.45, 2.75) is 32.4 Å². The van der Waals surface area contributed by atoms with Crippen LogP contribution in [0.15, 0.2) is 18.2 Å². The van der Waals surface area contributed by atoms with Crippen LogP contribution in [0.25, 0.3) is 0 Å². The molecular formula is C17H25F2N3O2. The third-order valence-electron chi connectivity index (χ3n) is 3.96. The zero-order valence-electron chi connectivity index (χ0n) is 14.4. The number of piperazine rings is 1. The Morgan fingerprint density at radius 1 is 1.21 bits per heavy atom. The summed E-state index contributed by atoms with van der Waals surface area (Å²) >= 11 is 0. The number of rotatable bonds is 3. The number of carbonyl (C=O) groups excluding carboxylic acids is 1. The van der Waals surface area contributed by atoms with Crippen LogP contribution in [0.2, 0.25) is 0 Å². The van der Waals surface area contributed by atoms with Gasteiger partial charge in [-0.1, -0.05) is 6.07 Å². The van der Waals surface area contributed by atoms with Gasteiger partial charge >= 0.3 is 6.09 Å². The molecule has 1 saturated heterocycles. The highest BCUT2D eigenvalue weighted by Crippen LogP contribution is 2.26. The van der Waals surface area contributed by atoms with Crippen molar-refractivity contribution in [1.29, 1.82) is 0 Å². The Hall–Kier alpha value is -1.73. The second kappa shape index (κ2) is 7.44. The normalized spacial score (nSPS) is 17.7. The molecule has 1 aromatic carbocycles. The molecule has 0 bridgehead atoms. The average molecular weight is 341 g/mol. The van der Waals surface area contributed by atoms with Crippen LogP contribution < -0.4 is 5.73 Å². The van der Waals surface area contributed by atoms with Gasteiger partial charge in [0, 0.05) is 38.3 Å². The van der Waals surface area contributed by atoms with E-state index in [9.17, 15) is 13.6 Å². The molecule has 24 heavy (non-hydrogen) atoms. The maximum Gasteiger partial charge on any atom is 0.410 e. The fourth-order valence-electron chi connectivity index (χ4n) is 2.82. The Morgan fingerprint density at radius 3 is 2.21 bits per heavy atom. The van der Waals surface area contributed by atoms with E-state index in [1.165, 1.54) is 18.2 Å². The number of benzene rings is 1. The van der Waals surface area contributed by atoms with Crippen LogP contribution in [0.3, 0.4) is 0 Å². The molecule has 1 atom stereocenters. The monoisotopic (exact) mass is 341 g/mol. The summed E-state index contributed by atoms with van der Waals surface area (Å²) in [6.45, 7) is 7.36. The molecule has 0 saturated carbocycles. The van der Waals surface area contributed by atoms with Gasteiger partial charge in [-0.3, -0.25) is 4.90 Å². The van der Waals surface area contributed by atoms with Gasteiger partial charge < -0.3 is 15.4 Å². The number of hydrogen-bond acceptors (Lipinski definition) is 4. The van der Waals surface area contributed by atoms with Crippen molar-refractivity contribution in [3.8, 4) is 0 Å². The molecule has 0 radical (unpaired) electrons. The number of halogens is 2. The van der Waals surface area contributed by atoms with E-state index in [-0.39, 0.29) is 18.2 Å². The van der Waals surface area contributed by atoms with Crippen molar-refractivity contribution in [3.05, 3.63) is 35.4 Å². The maximum absolute atomic E-state index is 14.0. The molecule has 1 unspecified atom stereocenters. The quantitative estimate of drug-likeness (QED) is 0.918. The van der Waals surface area contributed by atoms with Crippen molar-refractivity contribution in [3.63, 3.8) is 0 Å². The fourth-order valence-corrected chi connectivity index (χ4v) is 2.82. The number of ether oxygens (including phenoxy) is 1. The van der Waals surface area contributed by atoms with Crippen molar-refractivity contribution < 1.29 is 18.3 Å². The predicted molar refractivity (Wildman–Crippen MR) is 87.5 cm³/mol. The van der Waals surface area contributed by atoms with E-state index in [0.717, 1.165) is 0 Å². The molecule has 0 spiro atoms. The Kier molecular flexibility index (Phi) is 5.77. The van der Waals surface area contributed by atoms with E-state index in [4.69, 9.17) is 10.5 Å². The van der Waals surface area contributed by atoms with Gasteiger partial charge in [0.15, 0.2) is 0 Å². The largest absolute Gasteiger partial charge is 0.444 e. The lowest BCUT2D eigenvalue weighted by Crippen LogP contribution is -2.52. The lowest BCUT2D eigenvalue weighted by Gasteiger charge is -2.39. The van der Waals surface area contributed by atoms with Crippen LogP contribution in [-0.2, 0) is 4.74 Å². The molecule has 5 nitrogen and oxygen atoms in total. The van der Waals surface area contributed by atoms with E-state index in [0.29, 0.717) is 26.2 Å². The molecule has 1 heterocycles. The minimum absolute atomic E-state index is 0.00859. The number of amides is 1. The molecule has 134 valence electrons. The highest BCUT2D eigenvalue weighted by Gasteiger charge is 2.31. The Labute approximate surface area is 141 Å². The minimum Gasteiger partial charge on any atom is -0.444 e. The molecule has 1 aromatic rings. The second-order valence-corrected chi connectivity index (χ2v) is 6.89. The first-order chi connectivity index (χ1) is 11.2. The molecule has 1 fully saturated rings. The fraction of sp³-hybridized carbons (Fsp3) is 0.588. The maximum atomic E-state index is 14.0. The van der Waals surface area contributed by atoms with Gasteiger partial charge in [-0.25, -0.2) is 13.6 Å². The SMILES string of the molecule is CC(C)(C)OC(=O)N1CCN(C(CN)c2c(F)cccc2F)CC1. The van der Waals surface area contributed by atoms with Crippen molar-refractivity contribution in [2.75, 3.05) is 32.7 Å². The van der Waals surface area contributed by atoms with Crippen LogP contribution >= 0.6 is 0 Å². The summed E-state index contributed by atoms with van der Waals surface area (Å²) in [6, 6.07) is 3.25. The Bertz CT molecular complexity index is 561. The van der Waals surface area contributed by atoms with Crippen molar-refractivity contribution in [1.82, 2.24) is 9.80 Å². The molecule has 2 N–H and O–H groups in total. The summed E-state index contributed by atoms with van der Waals surface area (Å²) in [7, 11) is 0. The average Bonchev–Trinajstić information content (AvgIpc) is 2.49. The van der Waals surface area contributed by atoms with Crippen LogP contribution in [0.4, 0.5) is 13.6 Å². The van der Waals surface area contributed by atoms with Crippen molar-refractivity contribution >= 4 is 6.09 Å². The van der Waals surface area contributed by atoms with E-state index < -0.39 is 23.3 Å². The van der Waals surface area contributed by atoms with E-state index in [2.05, 4.69) is 0 Å².